The Bertz CT molecular complexity index is 773. The van der Waals surface area contributed by atoms with Crippen molar-refractivity contribution in [2.75, 3.05) is 32.7 Å². The minimum atomic E-state index is -0.303. The van der Waals surface area contributed by atoms with Crippen LogP contribution in [0.1, 0.15) is 29.8 Å². The van der Waals surface area contributed by atoms with Crippen molar-refractivity contribution in [2.24, 2.45) is 5.92 Å². The van der Waals surface area contributed by atoms with Crippen LogP contribution >= 0.6 is 0 Å². The molecule has 0 bridgehead atoms. The molecule has 1 aromatic heterocycles. The molecule has 27 heavy (non-hydrogen) atoms. The second-order valence-corrected chi connectivity index (χ2v) is 7.36. The van der Waals surface area contributed by atoms with Crippen LogP contribution in [-0.2, 0) is 6.73 Å². The molecule has 2 fully saturated rings. The van der Waals surface area contributed by atoms with Gasteiger partial charge in [-0.05, 0) is 62.1 Å². The molecule has 0 spiro atoms. The maximum absolute atomic E-state index is 12.9. The van der Waals surface area contributed by atoms with Gasteiger partial charge < -0.3 is 14.5 Å². The van der Waals surface area contributed by atoms with Crippen molar-refractivity contribution in [3.8, 4) is 5.75 Å². The summed E-state index contributed by atoms with van der Waals surface area (Å²) in [6.07, 6.45) is 5.45. The summed E-state index contributed by atoms with van der Waals surface area (Å²) in [6, 6.07) is 7.55. The summed E-state index contributed by atoms with van der Waals surface area (Å²) in [5.74, 6) is 1.11. The fourth-order valence-corrected chi connectivity index (χ4v) is 3.40. The van der Waals surface area contributed by atoms with Gasteiger partial charge in [-0.25, -0.2) is 9.07 Å². The third-order valence-corrected chi connectivity index (χ3v) is 5.13. The Labute approximate surface area is 158 Å². The van der Waals surface area contributed by atoms with Crippen LogP contribution in [-0.4, -0.2) is 58.2 Å². The molecule has 1 aliphatic carbocycles. The average Bonchev–Trinajstić information content (AvgIpc) is 3.42. The van der Waals surface area contributed by atoms with Crippen LogP contribution in [0.25, 0.3) is 0 Å². The van der Waals surface area contributed by atoms with Crippen LogP contribution in [0.4, 0.5) is 4.39 Å². The summed E-state index contributed by atoms with van der Waals surface area (Å²) in [5.41, 5.74) is 0.438. The van der Waals surface area contributed by atoms with Gasteiger partial charge in [0, 0.05) is 32.4 Å². The summed E-state index contributed by atoms with van der Waals surface area (Å²) in [6.45, 7) is 4.89. The maximum atomic E-state index is 12.9. The second kappa shape index (κ2) is 8.08. The average molecular weight is 372 g/mol. The van der Waals surface area contributed by atoms with Crippen molar-refractivity contribution in [2.45, 2.75) is 26.0 Å². The maximum Gasteiger partial charge on any atom is 0.274 e. The van der Waals surface area contributed by atoms with E-state index < -0.39 is 0 Å². The highest BCUT2D eigenvalue weighted by molar-refractivity contribution is 5.92. The predicted octanol–water partition coefficient (Wildman–Crippen LogP) is 2.62. The highest BCUT2D eigenvalue weighted by atomic mass is 19.1. The van der Waals surface area contributed by atoms with E-state index in [4.69, 9.17) is 4.74 Å². The summed E-state index contributed by atoms with van der Waals surface area (Å²) in [4.78, 5) is 17.2. The Morgan fingerprint density at radius 1 is 1.11 bits per heavy atom. The molecule has 7 heteroatoms. The molecule has 0 atom stereocenters. The molecule has 144 valence electrons. The van der Waals surface area contributed by atoms with E-state index in [0.717, 1.165) is 38.5 Å². The van der Waals surface area contributed by atoms with Crippen molar-refractivity contribution in [1.29, 1.82) is 0 Å². The van der Waals surface area contributed by atoms with Gasteiger partial charge in [-0.3, -0.25) is 4.79 Å². The molecule has 2 aliphatic rings. The van der Waals surface area contributed by atoms with Gasteiger partial charge in [0.05, 0.1) is 0 Å². The van der Waals surface area contributed by atoms with Gasteiger partial charge >= 0.3 is 0 Å². The van der Waals surface area contributed by atoms with Gasteiger partial charge in [-0.2, -0.15) is 5.10 Å². The van der Waals surface area contributed by atoms with Crippen LogP contribution in [0.3, 0.4) is 0 Å². The van der Waals surface area contributed by atoms with E-state index >= 15 is 0 Å². The number of hydrogen-bond acceptors (Lipinski definition) is 4. The van der Waals surface area contributed by atoms with Gasteiger partial charge in [-0.15, -0.1) is 0 Å². The molecule has 4 rings (SSSR count). The standard InChI is InChI=1S/C20H25FN4O2/c21-17-4-6-18(7-5-17)27-15-25-11-8-19(22-25)20(26)24-10-1-9-23(12-13-24)14-16-2-3-16/h4-8,11,16H,1-3,9-10,12-15H2. The van der Waals surface area contributed by atoms with Crippen molar-refractivity contribution >= 4 is 5.91 Å². The number of halogens is 1. The first-order valence-corrected chi connectivity index (χ1v) is 9.61. The summed E-state index contributed by atoms with van der Waals surface area (Å²) in [5, 5.41) is 4.34. The number of aromatic nitrogens is 2. The Balaban J connectivity index is 1.30. The molecule has 1 saturated carbocycles. The molecule has 1 amide bonds. The first-order valence-electron chi connectivity index (χ1n) is 9.61. The summed E-state index contributed by atoms with van der Waals surface area (Å²) >= 11 is 0. The Kier molecular flexibility index (Phi) is 5.38. The largest absolute Gasteiger partial charge is 0.471 e. The van der Waals surface area contributed by atoms with Crippen LogP contribution < -0.4 is 4.74 Å². The topological polar surface area (TPSA) is 50.6 Å². The minimum absolute atomic E-state index is 0.0243. The van der Waals surface area contributed by atoms with Crippen molar-refractivity contribution in [3.63, 3.8) is 0 Å². The van der Waals surface area contributed by atoms with Crippen LogP contribution in [0, 0.1) is 11.7 Å². The molecule has 0 unspecified atom stereocenters. The van der Waals surface area contributed by atoms with Gasteiger partial charge in [0.2, 0.25) is 0 Å². The molecular formula is C20H25FN4O2. The van der Waals surface area contributed by atoms with E-state index in [0.29, 0.717) is 11.4 Å². The molecule has 6 nitrogen and oxygen atoms in total. The molecule has 1 aliphatic heterocycles. The van der Waals surface area contributed by atoms with Gasteiger partial charge in [0.25, 0.3) is 5.91 Å². The summed E-state index contributed by atoms with van der Waals surface area (Å²) in [7, 11) is 0. The van der Waals surface area contributed by atoms with Gasteiger partial charge in [0.1, 0.15) is 11.6 Å². The van der Waals surface area contributed by atoms with Crippen LogP contribution in [0.5, 0.6) is 5.75 Å². The summed E-state index contributed by atoms with van der Waals surface area (Å²) < 4.78 is 20.1. The fourth-order valence-electron chi connectivity index (χ4n) is 3.40. The fraction of sp³-hybridized carbons (Fsp3) is 0.500. The lowest BCUT2D eigenvalue weighted by atomic mass is 10.3. The predicted molar refractivity (Wildman–Crippen MR) is 98.9 cm³/mol. The highest BCUT2D eigenvalue weighted by Crippen LogP contribution is 2.30. The molecule has 2 heterocycles. The van der Waals surface area contributed by atoms with E-state index in [1.165, 1.54) is 31.5 Å². The number of carbonyl (C=O) groups excluding carboxylic acids is 1. The van der Waals surface area contributed by atoms with Crippen molar-refractivity contribution in [1.82, 2.24) is 19.6 Å². The van der Waals surface area contributed by atoms with E-state index in [1.54, 1.807) is 29.1 Å². The number of rotatable bonds is 6. The van der Waals surface area contributed by atoms with E-state index in [-0.39, 0.29) is 18.5 Å². The lowest BCUT2D eigenvalue weighted by molar-refractivity contribution is 0.0753. The molecular weight excluding hydrogens is 347 g/mol. The second-order valence-electron chi connectivity index (χ2n) is 7.36. The Hall–Kier alpha value is -2.41. The monoisotopic (exact) mass is 372 g/mol. The lowest BCUT2D eigenvalue weighted by Gasteiger charge is -2.21. The number of hydrogen-bond donors (Lipinski definition) is 0. The zero-order valence-electron chi connectivity index (χ0n) is 15.4. The van der Waals surface area contributed by atoms with E-state index in [9.17, 15) is 9.18 Å². The first kappa shape index (κ1) is 18.0. The Morgan fingerprint density at radius 2 is 1.93 bits per heavy atom. The van der Waals surface area contributed by atoms with Crippen LogP contribution in [0.2, 0.25) is 0 Å². The molecule has 0 N–H and O–H groups in total. The molecule has 0 radical (unpaired) electrons. The van der Waals surface area contributed by atoms with Crippen molar-refractivity contribution < 1.29 is 13.9 Å². The quantitative estimate of drug-likeness (QED) is 0.782. The van der Waals surface area contributed by atoms with Crippen LogP contribution in [0.15, 0.2) is 36.5 Å². The number of carbonyl (C=O) groups is 1. The highest BCUT2D eigenvalue weighted by Gasteiger charge is 2.27. The third-order valence-electron chi connectivity index (χ3n) is 5.13. The number of amides is 1. The molecule has 1 aromatic carbocycles. The van der Waals surface area contributed by atoms with Gasteiger partial charge in [0.15, 0.2) is 12.4 Å². The first-order chi connectivity index (χ1) is 13.2. The smallest absolute Gasteiger partial charge is 0.274 e. The lowest BCUT2D eigenvalue weighted by Crippen LogP contribution is -2.36. The SMILES string of the molecule is O=C(c1ccn(COc2ccc(F)cc2)n1)N1CCCN(CC2CC2)CC1. The Morgan fingerprint density at radius 3 is 2.70 bits per heavy atom. The zero-order chi connectivity index (χ0) is 18.6. The van der Waals surface area contributed by atoms with Gasteiger partial charge in [-0.1, -0.05) is 0 Å². The van der Waals surface area contributed by atoms with E-state index in [2.05, 4.69) is 10.00 Å². The number of benzene rings is 1. The zero-order valence-corrected chi connectivity index (χ0v) is 15.4. The third kappa shape index (κ3) is 4.86. The molecule has 1 saturated heterocycles. The minimum Gasteiger partial charge on any atom is -0.471 e. The number of nitrogens with zero attached hydrogens (tertiary/aromatic N) is 4. The number of ether oxygens (including phenoxy) is 1. The normalized spacial score (nSPS) is 18.3. The molecule has 2 aromatic rings. The van der Waals surface area contributed by atoms with Crippen molar-refractivity contribution in [3.05, 3.63) is 48.0 Å². The van der Waals surface area contributed by atoms with E-state index in [1.807, 2.05) is 4.90 Å².